The molecule has 0 radical (unpaired) electrons. The number of hydrogen-bond acceptors (Lipinski definition) is 7. The van der Waals surface area contributed by atoms with Crippen molar-refractivity contribution >= 4 is 51.5 Å². The van der Waals surface area contributed by atoms with Gasteiger partial charge in [0.15, 0.2) is 5.17 Å². The van der Waals surface area contributed by atoms with Crippen LogP contribution >= 0.6 is 11.8 Å². The second-order valence-corrected chi connectivity index (χ2v) is 10.4. The number of rotatable bonds is 7. The molecule has 6 rings (SSSR count). The van der Waals surface area contributed by atoms with Crippen LogP contribution in [0.15, 0.2) is 87.2 Å². The molecule has 0 aliphatic carbocycles. The zero-order valence-corrected chi connectivity index (χ0v) is 22.2. The maximum Gasteiger partial charge on any atom is 0.373 e. The third-order valence-corrected chi connectivity index (χ3v) is 7.77. The highest BCUT2D eigenvalue weighted by Crippen LogP contribution is 2.36. The Morgan fingerprint density at radius 2 is 1.95 bits per heavy atom. The van der Waals surface area contributed by atoms with Gasteiger partial charge in [-0.3, -0.25) is 9.69 Å². The van der Waals surface area contributed by atoms with E-state index in [2.05, 4.69) is 4.57 Å². The van der Waals surface area contributed by atoms with E-state index in [-0.39, 0.29) is 17.8 Å². The number of amidine groups is 1. The number of benzene rings is 2. The Bertz CT molecular complexity index is 1580. The zero-order chi connectivity index (χ0) is 26.8. The Morgan fingerprint density at radius 3 is 2.74 bits per heavy atom. The van der Waals surface area contributed by atoms with Crippen molar-refractivity contribution in [2.24, 2.45) is 4.99 Å². The summed E-state index contributed by atoms with van der Waals surface area (Å²) in [6.45, 7) is 1.63. The first-order valence-corrected chi connectivity index (χ1v) is 13.6. The molecule has 0 saturated carbocycles. The summed E-state index contributed by atoms with van der Waals surface area (Å²) in [6.07, 6.45) is 5.89. The minimum atomic E-state index is -0.513. The molecule has 1 atom stereocenters. The molecule has 0 unspecified atom stereocenters. The minimum Gasteiger partial charge on any atom is -0.463 e. The third kappa shape index (κ3) is 5.28. The Hall–Kier alpha value is -4.08. The maximum absolute atomic E-state index is 13.7. The second-order valence-electron chi connectivity index (χ2n) is 9.38. The van der Waals surface area contributed by atoms with Crippen molar-refractivity contribution < 1.29 is 23.5 Å². The quantitative estimate of drug-likeness (QED) is 0.215. The summed E-state index contributed by atoms with van der Waals surface area (Å²) >= 11 is 1.38. The average molecular weight is 542 g/mol. The smallest absolute Gasteiger partial charge is 0.373 e. The fraction of sp³-hybridized carbons (Fsp3) is 0.233. The monoisotopic (exact) mass is 541 g/mol. The molecule has 4 aromatic rings. The van der Waals surface area contributed by atoms with Crippen molar-refractivity contribution in [2.75, 3.05) is 20.3 Å². The number of nitrogens with zero attached hydrogens (tertiary/aromatic N) is 3. The van der Waals surface area contributed by atoms with Crippen molar-refractivity contribution in [3.05, 3.63) is 94.9 Å². The van der Waals surface area contributed by atoms with Crippen molar-refractivity contribution in [1.82, 2.24) is 9.47 Å². The van der Waals surface area contributed by atoms with E-state index in [4.69, 9.17) is 18.9 Å². The van der Waals surface area contributed by atoms with E-state index >= 15 is 0 Å². The highest BCUT2D eigenvalue weighted by molar-refractivity contribution is 8.18. The van der Waals surface area contributed by atoms with Gasteiger partial charge in [-0.2, -0.15) is 0 Å². The average Bonchev–Trinajstić information content (AvgIpc) is 3.76. The summed E-state index contributed by atoms with van der Waals surface area (Å²) in [4.78, 5) is 32.6. The number of aromatic nitrogens is 1. The van der Waals surface area contributed by atoms with Crippen LogP contribution in [0, 0.1) is 0 Å². The minimum absolute atomic E-state index is 0.0139. The number of hydrogen-bond donors (Lipinski definition) is 0. The van der Waals surface area contributed by atoms with Gasteiger partial charge < -0.3 is 18.5 Å². The highest BCUT2D eigenvalue weighted by atomic mass is 32.2. The number of carbonyl (C=O) groups excluding carboxylic acids is 2. The lowest BCUT2D eigenvalue weighted by atomic mass is 10.1. The Balaban J connectivity index is 1.33. The molecule has 2 fully saturated rings. The van der Waals surface area contributed by atoms with Crippen molar-refractivity contribution in [3.8, 4) is 0 Å². The number of amides is 1. The fourth-order valence-corrected chi connectivity index (χ4v) is 5.86. The van der Waals surface area contributed by atoms with Crippen LogP contribution in [0.5, 0.6) is 0 Å². The van der Waals surface area contributed by atoms with E-state index in [1.54, 1.807) is 17.0 Å². The van der Waals surface area contributed by atoms with Crippen molar-refractivity contribution in [1.29, 1.82) is 0 Å². The standard InChI is InChI=1S/C30H27N3O5S/c1-36-29(35)26-14-13-23(38-26)18-32-17-20(24-11-5-6-12-25(24)32)16-27-28(34)33(19-22-10-7-15-37-22)30(39-27)31-21-8-3-2-4-9-21/h2-6,8-9,11-14,16-17,22H,7,10,15,18-19H2,1H3/b27-16-,31-30?/t22-/m1/s1. The predicted octanol–water partition coefficient (Wildman–Crippen LogP) is 5.85. The summed E-state index contributed by atoms with van der Waals surface area (Å²) in [5, 5.41) is 1.67. The molecule has 2 aromatic carbocycles. The van der Waals surface area contributed by atoms with Crippen molar-refractivity contribution in [2.45, 2.75) is 25.5 Å². The van der Waals surface area contributed by atoms with Gasteiger partial charge in [0, 0.05) is 29.3 Å². The first-order chi connectivity index (χ1) is 19.1. The van der Waals surface area contributed by atoms with Crippen LogP contribution in [0.2, 0.25) is 0 Å². The first kappa shape index (κ1) is 25.2. The Labute approximate surface area is 229 Å². The van der Waals surface area contributed by atoms with Crippen LogP contribution in [-0.4, -0.2) is 52.9 Å². The number of carbonyl (C=O) groups is 2. The molecule has 9 heteroatoms. The molecular weight excluding hydrogens is 514 g/mol. The molecule has 2 aliphatic rings. The number of furan rings is 1. The van der Waals surface area contributed by atoms with Crippen LogP contribution < -0.4 is 0 Å². The Kier molecular flexibility index (Phi) is 7.08. The molecule has 0 N–H and O–H groups in total. The van der Waals surface area contributed by atoms with Gasteiger partial charge in [0.05, 0.1) is 36.9 Å². The number of methoxy groups -OCH3 is 1. The number of fused-ring (bicyclic) bond motifs is 1. The van der Waals surface area contributed by atoms with Gasteiger partial charge in [0.2, 0.25) is 5.76 Å². The van der Waals surface area contributed by atoms with Gasteiger partial charge >= 0.3 is 5.97 Å². The molecular formula is C30H27N3O5S. The van der Waals surface area contributed by atoms with E-state index in [0.717, 1.165) is 41.6 Å². The van der Waals surface area contributed by atoms with Gasteiger partial charge in [0.25, 0.3) is 5.91 Å². The Morgan fingerprint density at radius 1 is 1.13 bits per heavy atom. The summed E-state index contributed by atoms with van der Waals surface area (Å²) in [7, 11) is 1.32. The molecule has 8 nitrogen and oxygen atoms in total. The van der Waals surface area contributed by atoms with Crippen LogP contribution in [0.3, 0.4) is 0 Å². The molecule has 1 amide bonds. The van der Waals surface area contributed by atoms with E-state index in [9.17, 15) is 9.59 Å². The third-order valence-electron chi connectivity index (χ3n) is 6.76. The lowest BCUT2D eigenvalue weighted by Gasteiger charge is -2.19. The van der Waals surface area contributed by atoms with Gasteiger partial charge in [-0.05, 0) is 61.0 Å². The maximum atomic E-state index is 13.7. The number of para-hydroxylation sites is 2. The van der Waals surface area contributed by atoms with E-state index < -0.39 is 5.97 Å². The zero-order valence-electron chi connectivity index (χ0n) is 21.4. The topological polar surface area (TPSA) is 86.3 Å². The number of ether oxygens (including phenoxy) is 2. The molecule has 4 heterocycles. The summed E-state index contributed by atoms with van der Waals surface area (Å²) in [5.41, 5.74) is 2.71. The number of thioether (sulfide) groups is 1. The van der Waals surface area contributed by atoms with Gasteiger partial charge in [-0.25, -0.2) is 9.79 Å². The molecule has 39 heavy (non-hydrogen) atoms. The van der Waals surface area contributed by atoms with E-state index in [1.165, 1.54) is 18.9 Å². The van der Waals surface area contributed by atoms with Crippen molar-refractivity contribution in [3.63, 3.8) is 0 Å². The van der Waals surface area contributed by atoms with E-state index in [0.29, 0.717) is 28.9 Å². The van der Waals surface area contributed by atoms with Crippen LogP contribution in [0.1, 0.15) is 34.7 Å². The number of esters is 1. The highest BCUT2D eigenvalue weighted by Gasteiger charge is 2.36. The molecule has 2 aromatic heterocycles. The van der Waals surface area contributed by atoms with Gasteiger partial charge in [-0.15, -0.1) is 0 Å². The summed E-state index contributed by atoms with van der Waals surface area (Å²) in [5.74, 6) is 0.203. The lowest BCUT2D eigenvalue weighted by Crippen LogP contribution is -2.36. The van der Waals surface area contributed by atoms with Crippen LogP contribution in [0.4, 0.5) is 5.69 Å². The SMILES string of the molecule is COC(=O)c1ccc(Cn2cc(/C=C3\SC(=Nc4ccccc4)N(C[C@H]4CCCO4)C3=O)c3ccccc32)o1. The summed E-state index contributed by atoms with van der Waals surface area (Å²) in [6, 6.07) is 21.1. The number of aliphatic imine (C=N–C) groups is 1. The summed E-state index contributed by atoms with van der Waals surface area (Å²) < 4.78 is 18.3. The molecule has 2 aliphatic heterocycles. The lowest BCUT2D eigenvalue weighted by molar-refractivity contribution is -0.123. The largest absolute Gasteiger partial charge is 0.463 e. The normalized spacial score (nSPS) is 19.6. The molecule has 0 spiro atoms. The molecule has 198 valence electrons. The van der Waals surface area contributed by atoms with Gasteiger partial charge in [0.1, 0.15) is 5.76 Å². The predicted molar refractivity (Wildman–Crippen MR) is 151 cm³/mol. The second kappa shape index (κ2) is 11.0. The first-order valence-electron chi connectivity index (χ1n) is 12.8. The van der Waals surface area contributed by atoms with Crippen LogP contribution in [0.25, 0.3) is 17.0 Å². The fourth-order valence-electron chi connectivity index (χ4n) is 4.86. The van der Waals surface area contributed by atoms with E-state index in [1.807, 2.05) is 66.9 Å². The molecule has 2 saturated heterocycles. The van der Waals surface area contributed by atoms with Crippen LogP contribution in [-0.2, 0) is 20.8 Å². The molecule has 0 bridgehead atoms. The van der Waals surface area contributed by atoms with Gasteiger partial charge in [-0.1, -0.05) is 36.4 Å².